The van der Waals surface area contributed by atoms with Crippen molar-refractivity contribution in [3.05, 3.63) is 146 Å². The minimum absolute atomic E-state index is 0.0724. The summed E-state index contributed by atoms with van der Waals surface area (Å²) in [6, 6.07) is 0. The van der Waals surface area contributed by atoms with Crippen LogP contribution in [0.3, 0.4) is 0 Å². The van der Waals surface area contributed by atoms with E-state index in [1.165, 1.54) is 83.5 Å². The van der Waals surface area contributed by atoms with Gasteiger partial charge in [-0.3, -0.25) is 37.3 Å². The second-order valence-corrected chi connectivity index (χ2v) is 31.3. The molecule has 0 aromatic rings. The molecule has 3 N–H and O–H groups in total. The highest BCUT2D eigenvalue weighted by Crippen LogP contribution is 2.45. The molecular weight excluding hydrogens is 1430 g/mol. The van der Waals surface area contributed by atoms with Crippen LogP contribution >= 0.6 is 15.6 Å². The molecule has 0 spiro atoms. The molecule has 0 heterocycles. The maximum absolute atomic E-state index is 13.2. The van der Waals surface area contributed by atoms with Crippen LogP contribution in [0.2, 0.25) is 0 Å². The van der Waals surface area contributed by atoms with Crippen LogP contribution in [-0.2, 0) is 65.4 Å². The Hall–Kier alpha value is -5.06. The fourth-order valence-corrected chi connectivity index (χ4v) is 12.9. The van der Waals surface area contributed by atoms with Gasteiger partial charge in [0, 0.05) is 25.7 Å². The van der Waals surface area contributed by atoms with Gasteiger partial charge in [0.05, 0.1) is 26.4 Å². The van der Waals surface area contributed by atoms with Gasteiger partial charge in [-0.1, -0.05) is 328 Å². The molecule has 0 radical (unpaired) electrons. The van der Waals surface area contributed by atoms with E-state index in [0.29, 0.717) is 32.1 Å². The van der Waals surface area contributed by atoms with Crippen LogP contribution in [0.4, 0.5) is 0 Å². The summed E-state index contributed by atoms with van der Waals surface area (Å²) in [5, 5.41) is 10.7. The minimum Gasteiger partial charge on any atom is -0.462 e. The smallest absolute Gasteiger partial charge is 0.462 e. The van der Waals surface area contributed by atoms with Crippen LogP contribution in [0.1, 0.15) is 349 Å². The maximum Gasteiger partial charge on any atom is 0.472 e. The molecule has 0 bridgehead atoms. The molecule has 5 atom stereocenters. The lowest BCUT2D eigenvalue weighted by atomic mass is 10.0. The number of hydrogen-bond acceptors (Lipinski definition) is 15. The van der Waals surface area contributed by atoms with Gasteiger partial charge in [0.25, 0.3) is 0 Å². The largest absolute Gasteiger partial charge is 0.472 e. The molecule has 0 aliphatic heterocycles. The van der Waals surface area contributed by atoms with E-state index < -0.39 is 97.5 Å². The number of aliphatic hydroxyl groups excluding tert-OH is 1. The van der Waals surface area contributed by atoms with Crippen molar-refractivity contribution >= 4 is 39.5 Å². The van der Waals surface area contributed by atoms with Crippen LogP contribution in [0, 0.1) is 0 Å². The summed E-state index contributed by atoms with van der Waals surface area (Å²) in [7, 11) is -10.00. The van der Waals surface area contributed by atoms with Gasteiger partial charge >= 0.3 is 39.5 Å². The molecule has 5 unspecified atom stereocenters. The molecule has 0 saturated heterocycles. The molecule has 110 heavy (non-hydrogen) atoms. The van der Waals surface area contributed by atoms with Crippen LogP contribution < -0.4 is 0 Å². The average Bonchev–Trinajstić information content (AvgIpc) is 0.911. The van der Waals surface area contributed by atoms with E-state index >= 15 is 0 Å². The number of phosphoric acid groups is 2. The molecule has 0 aliphatic carbocycles. The molecule has 0 aromatic carbocycles. The summed E-state index contributed by atoms with van der Waals surface area (Å²) in [5.41, 5.74) is 0. The minimum atomic E-state index is -5.00. The number of carbonyl (C=O) groups is 4. The summed E-state index contributed by atoms with van der Waals surface area (Å²) < 4.78 is 68.8. The van der Waals surface area contributed by atoms with Gasteiger partial charge in [0.1, 0.15) is 19.3 Å². The number of esters is 4. The predicted octanol–water partition coefficient (Wildman–Crippen LogP) is 25.8. The zero-order chi connectivity index (χ0) is 80.3. The Morgan fingerprint density at radius 3 is 0.782 bits per heavy atom. The zero-order valence-electron chi connectivity index (χ0n) is 69.1. The van der Waals surface area contributed by atoms with E-state index in [1.807, 2.05) is 12.2 Å². The molecule has 0 rings (SSSR count). The van der Waals surface area contributed by atoms with Crippen molar-refractivity contribution in [1.82, 2.24) is 0 Å². The highest BCUT2D eigenvalue weighted by atomic mass is 31.2. The van der Waals surface area contributed by atoms with E-state index in [-0.39, 0.29) is 25.7 Å². The first-order chi connectivity index (χ1) is 53.7. The van der Waals surface area contributed by atoms with Crippen molar-refractivity contribution in [2.24, 2.45) is 0 Å². The van der Waals surface area contributed by atoms with E-state index in [4.69, 9.17) is 37.0 Å². The van der Waals surface area contributed by atoms with E-state index in [0.717, 1.165) is 180 Å². The van der Waals surface area contributed by atoms with Crippen molar-refractivity contribution < 1.29 is 80.2 Å². The molecule has 630 valence electrons. The summed E-state index contributed by atoms with van der Waals surface area (Å²) in [6.07, 6.45) is 95.2. The third-order valence-electron chi connectivity index (χ3n) is 17.8. The second-order valence-electron chi connectivity index (χ2n) is 28.4. The normalized spacial score (nSPS) is 14.5. The zero-order valence-corrected chi connectivity index (χ0v) is 70.9. The van der Waals surface area contributed by atoms with E-state index in [2.05, 4.69) is 161 Å². The van der Waals surface area contributed by atoms with Crippen molar-refractivity contribution in [3.8, 4) is 0 Å². The fraction of sp³-hybridized carbons (Fsp3) is 0.692. The average molecular weight is 1580 g/mol. The number of ether oxygens (including phenoxy) is 4. The van der Waals surface area contributed by atoms with Gasteiger partial charge < -0.3 is 33.8 Å². The molecule has 0 aliphatic rings. The summed E-state index contributed by atoms with van der Waals surface area (Å²) in [5.74, 6) is -2.26. The lowest BCUT2D eigenvalue weighted by molar-refractivity contribution is -0.161. The molecule has 19 heteroatoms. The maximum atomic E-state index is 13.2. The number of rotatable bonds is 80. The first-order valence-electron chi connectivity index (χ1n) is 43.1. The van der Waals surface area contributed by atoms with Gasteiger partial charge in [-0.25, -0.2) is 9.13 Å². The van der Waals surface area contributed by atoms with Gasteiger partial charge in [-0.15, -0.1) is 0 Å². The van der Waals surface area contributed by atoms with Gasteiger partial charge in [0.15, 0.2) is 12.2 Å². The summed E-state index contributed by atoms with van der Waals surface area (Å²) in [6.45, 7) is 4.57. The lowest BCUT2D eigenvalue weighted by Gasteiger charge is -2.21. The number of hydrogen-bond donors (Lipinski definition) is 3. The van der Waals surface area contributed by atoms with Crippen LogP contribution in [0.15, 0.2) is 146 Å². The number of allylic oxidation sites excluding steroid dienone is 24. The third kappa shape index (κ3) is 81.0. The monoisotopic (exact) mass is 1580 g/mol. The molecule has 17 nitrogen and oxygen atoms in total. The predicted molar refractivity (Wildman–Crippen MR) is 454 cm³/mol. The Bertz CT molecular complexity index is 2650. The van der Waals surface area contributed by atoms with Gasteiger partial charge in [-0.05, 0) is 141 Å². The topological polar surface area (TPSA) is 237 Å². The highest BCUT2D eigenvalue weighted by Gasteiger charge is 2.30. The summed E-state index contributed by atoms with van der Waals surface area (Å²) in [4.78, 5) is 73.3. The number of phosphoric ester groups is 2. The van der Waals surface area contributed by atoms with Crippen molar-refractivity contribution in [3.63, 3.8) is 0 Å². The SMILES string of the molecule is CC/C=C\C/C=C\C/C=C\C/C=C\C/C=C\CCCC(=O)OCC(COP(=O)(O)OCC(O)COP(=O)(O)OCC(COC(=O)CCCCCCCC/C=C\C/C=C\C/C=C\C/C=C\CC)OC(=O)CCCCCCCC/C=C\C/C=C\C/C=C\CCCCC)OC(=O)CCCCCCCCCCCCCCCCC. The highest BCUT2D eigenvalue weighted by molar-refractivity contribution is 7.47. The van der Waals surface area contributed by atoms with Crippen molar-refractivity contribution in [2.75, 3.05) is 39.6 Å². The Morgan fingerprint density at radius 2 is 0.482 bits per heavy atom. The second kappa shape index (κ2) is 81.9. The fourth-order valence-electron chi connectivity index (χ4n) is 11.3. The quantitative estimate of drug-likeness (QED) is 0.0169. The Kier molecular flexibility index (Phi) is 78.2. The van der Waals surface area contributed by atoms with Crippen molar-refractivity contribution in [1.29, 1.82) is 0 Å². The standard InChI is InChI=1S/C91H154O17P2/c1-5-9-13-17-21-25-29-33-37-40-42-45-49-52-56-60-64-68-72-76-89(94)102-82-87(108-91(96)78-74-70-66-62-58-54-50-46-43-41-38-34-30-26-22-18-14-10-6-2)84-106-110(99,100)104-80-85(92)79-103-109(97,98)105-83-86(107-90(95)77-73-69-65-61-57-53-47-36-32-28-24-20-16-12-8-4)81-101-88(93)75-71-67-63-59-55-51-48-44-39-35-31-27-23-19-15-11-7-3/h9,11,13,15,21-23,25-27,33-35,37-39,42-43,45-46,48,51,59,63,85-87,92H,5-8,10,12,14,16-20,24,28-32,36,40-41,44,47,49-50,52-58,60-62,64-84H2,1-4H3,(H,97,98)(H,99,100)/b13-9-,15-11-,25-21-,26-22-,27-23-,37-33-,38-34-,39-35-,45-42-,46-43-,51-48-,63-59-. The molecular formula is C91H154O17P2. The number of aliphatic hydroxyl groups is 1. The first-order valence-corrected chi connectivity index (χ1v) is 46.1. The van der Waals surface area contributed by atoms with Crippen LogP contribution in [-0.4, -0.2) is 96.7 Å². The van der Waals surface area contributed by atoms with Gasteiger partial charge in [0.2, 0.25) is 0 Å². The molecule has 0 amide bonds. The van der Waals surface area contributed by atoms with Crippen LogP contribution in [0.5, 0.6) is 0 Å². The molecule has 0 saturated carbocycles. The molecule has 0 fully saturated rings. The first kappa shape index (κ1) is 105. The Labute approximate surface area is 668 Å². The van der Waals surface area contributed by atoms with E-state index in [1.54, 1.807) is 0 Å². The van der Waals surface area contributed by atoms with Crippen LogP contribution in [0.25, 0.3) is 0 Å². The van der Waals surface area contributed by atoms with Crippen molar-refractivity contribution in [2.45, 2.75) is 367 Å². The Balaban J connectivity index is 5.45. The lowest BCUT2D eigenvalue weighted by Crippen LogP contribution is -2.30. The summed E-state index contributed by atoms with van der Waals surface area (Å²) >= 11 is 0. The number of unbranched alkanes of at least 4 members (excludes halogenated alkanes) is 30. The van der Waals surface area contributed by atoms with Gasteiger partial charge in [-0.2, -0.15) is 0 Å². The third-order valence-corrected chi connectivity index (χ3v) is 19.7. The Morgan fingerprint density at radius 1 is 0.264 bits per heavy atom. The number of carbonyl (C=O) groups excluding carboxylic acids is 4. The van der Waals surface area contributed by atoms with E-state index in [9.17, 15) is 43.2 Å². The molecule has 0 aromatic heterocycles.